The van der Waals surface area contributed by atoms with Gasteiger partial charge in [0.05, 0.1) is 0 Å². The lowest BCUT2D eigenvalue weighted by Gasteiger charge is -2.02. The highest BCUT2D eigenvalue weighted by molar-refractivity contribution is 6.08. The number of hydrogen-bond donors (Lipinski definition) is 1. The second-order valence-corrected chi connectivity index (χ2v) is 3.01. The Labute approximate surface area is 73.5 Å². The van der Waals surface area contributed by atoms with Gasteiger partial charge in [-0.15, -0.1) is 0 Å². The van der Waals surface area contributed by atoms with E-state index < -0.39 is 0 Å². The summed E-state index contributed by atoms with van der Waals surface area (Å²) >= 11 is 0. The van der Waals surface area contributed by atoms with Crippen LogP contribution in [0.2, 0.25) is 0 Å². The van der Waals surface area contributed by atoms with Crippen molar-refractivity contribution in [2.75, 3.05) is 0 Å². The number of carbonyl (C=O) groups is 1. The Hall–Kier alpha value is -1.18. The van der Waals surface area contributed by atoms with Crippen molar-refractivity contribution in [3.05, 3.63) is 24.3 Å². The molecule has 0 aliphatic carbocycles. The molecule has 1 N–H and O–H groups in total. The summed E-state index contributed by atoms with van der Waals surface area (Å²) in [6.45, 7) is 8.91. The normalized spacial score (nSPS) is 11.5. The molecule has 0 heterocycles. The molecule has 0 atom stereocenters. The van der Waals surface area contributed by atoms with E-state index in [9.17, 15) is 4.79 Å². The lowest BCUT2D eigenvalue weighted by atomic mass is 10.0. The van der Waals surface area contributed by atoms with Gasteiger partial charge >= 0.3 is 0 Å². The third kappa shape index (κ3) is 3.28. The molecule has 0 aromatic carbocycles. The van der Waals surface area contributed by atoms with Gasteiger partial charge in [-0.25, -0.2) is 0 Å². The first-order valence-electron chi connectivity index (χ1n) is 3.92. The maximum Gasteiger partial charge on any atom is 0.181 e. The van der Waals surface area contributed by atoms with Crippen molar-refractivity contribution in [1.82, 2.24) is 0 Å². The molecule has 0 aromatic rings. The number of rotatable bonds is 4. The maximum atomic E-state index is 11.0. The average Bonchev–Trinajstić information content (AvgIpc) is 2.02. The highest BCUT2D eigenvalue weighted by Gasteiger charge is 2.02. The predicted octanol–water partition coefficient (Wildman–Crippen LogP) is 2.36. The Morgan fingerprint density at radius 1 is 1.50 bits per heavy atom. The van der Waals surface area contributed by atoms with E-state index >= 15 is 0 Å². The minimum atomic E-state index is -0.111. The van der Waals surface area contributed by atoms with Gasteiger partial charge in [0.2, 0.25) is 0 Å². The molecule has 2 heteroatoms. The highest BCUT2D eigenvalue weighted by atomic mass is 16.1. The molecule has 0 amide bonds. The van der Waals surface area contributed by atoms with Gasteiger partial charge in [0.25, 0.3) is 0 Å². The van der Waals surface area contributed by atoms with Crippen LogP contribution in [-0.2, 0) is 4.79 Å². The minimum absolute atomic E-state index is 0.111. The molecule has 0 saturated heterocycles. The van der Waals surface area contributed by atoms with Gasteiger partial charge in [-0.1, -0.05) is 20.4 Å². The Morgan fingerprint density at radius 2 is 2.00 bits per heavy atom. The number of ketones is 1. The largest absolute Gasteiger partial charge is 0.305 e. The lowest BCUT2D eigenvalue weighted by molar-refractivity contribution is -0.111. The fraction of sp³-hybridized carbons (Fsp3) is 0.400. The van der Waals surface area contributed by atoms with Crippen LogP contribution in [0.4, 0.5) is 0 Å². The van der Waals surface area contributed by atoms with Gasteiger partial charge in [0.1, 0.15) is 0 Å². The van der Waals surface area contributed by atoms with Crippen LogP contribution in [0.1, 0.15) is 20.8 Å². The SMILES string of the molecule is C=CC(=O)/C(C)=C/C(=N)C(C)C. The third-order valence-corrected chi connectivity index (χ3v) is 1.57. The van der Waals surface area contributed by atoms with Crippen molar-refractivity contribution in [3.63, 3.8) is 0 Å². The van der Waals surface area contributed by atoms with Gasteiger partial charge in [-0.3, -0.25) is 4.79 Å². The van der Waals surface area contributed by atoms with Crippen LogP contribution in [0.5, 0.6) is 0 Å². The van der Waals surface area contributed by atoms with E-state index in [1.165, 1.54) is 6.08 Å². The first kappa shape index (κ1) is 10.8. The van der Waals surface area contributed by atoms with Gasteiger partial charge in [-0.05, 0) is 30.6 Å². The topological polar surface area (TPSA) is 40.9 Å². The third-order valence-electron chi connectivity index (χ3n) is 1.57. The lowest BCUT2D eigenvalue weighted by Crippen LogP contribution is -2.05. The van der Waals surface area contributed by atoms with E-state index in [1.54, 1.807) is 13.0 Å². The molecule has 0 aromatic heterocycles. The number of carbonyl (C=O) groups excluding carboxylic acids is 1. The summed E-state index contributed by atoms with van der Waals surface area (Å²) < 4.78 is 0. The smallest absolute Gasteiger partial charge is 0.181 e. The molecule has 12 heavy (non-hydrogen) atoms. The first-order valence-corrected chi connectivity index (χ1v) is 3.92. The monoisotopic (exact) mass is 165 g/mol. The van der Waals surface area contributed by atoms with Crippen LogP contribution in [-0.4, -0.2) is 11.5 Å². The first-order chi connectivity index (χ1) is 5.49. The van der Waals surface area contributed by atoms with E-state index in [1.807, 2.05) is 13.8 Å². The molecule has 2 nitrogen and oxygen atoms in total. The van der Waals surface area contributed by atoms with Crippen LogP contribution in [0.15, 0.2) is 24.3 Å². The van der Waals surface area contributed by atoms with E-state index in [0.29, 0.717) is 11.3 Å². The Kier molecular flexibility index (Phi) is 4.19. The Morgan fingerprint density at radius 3 is 2.33 bits per heavy atom. The summed E-state index contributed by atoms with van der Waals surface area (Å²) in [7, 11) is 0. The molecule has 0 saturated carbocycles. The second kappa shape index (κ2) is 4.65. The van der Waals surface area contributed by atoms with Gasteiger partial charge in [-0.2, -0.15) is 0 Å². The summed E-state index contributed by atoms with van der Waals surface area (Å²) in [5.41, 5.74) is 1.05. The Balaban J connectivity index is 4.46. The fourth-order valence-electron chi connectivity index (χ4n) is 0.632. The standard InChI is InChI=1S/C10H15NO/c1-5-10(12)8(4)6-9(11)7(2)3/h5-7,11H,1H2,2-4H3/b8-6+,11-9?. The van der Waals surface area contributed by atoms with Crippen molar-refractivity contribution >= 4 is 11.5 Å². The quantitative estimate of drug-likeness (QED) is 0.504. The van der Waals surface area contributed by atoms with E-state index in [0.717, 1.165) is 0 Å². The number of nitrogens with one attached hydrogen (secondary N) is 1. The van der Waals surface area contributed by atoms with E-state index in [-0.39, 0.29) is 11.7 Å². The van der Waals surface area contributed by atoms with Crippen LogP contribution >= 0.6 is 0 Å². The summed E-state index contributed by atoms with van der Waals surface area (Å²) in [4.78, 5) is 11.0. The Bertz CT molecular complexity index is 236. The average molecular weight is 165 g/mol. The summed E-state index contributed by atoms with van der Waals surface area (Å²) in [5.74, 6) is 0.0537. The summed E-state index contributed by atoms with van der Waals surface area (Å²) in [6.07, 6.45) is 2.86. The van der Waals surface area contributed by atoms with E-state index in [2.05, 4.69) is 6.58 Å². The molecule has 0 bridgehead atoms. The number of hydrogen-bond acceptors (Lipinski definition) is 2. The van der Waals surface area contributed by atoms with Gasteiger partial charge in [0.15, 0.2) is 5.78 Å². The zero-order chi connectivity index (χ0) is 9.72. The van der Waals surface area contributed by atoms with Crippen LogP contribution < -0.4 is 0 Å². The summed E-state index contributed by atoms with van der Waals surface area (Å²) in [6, 6.07) is 0. The van der Waals surface area contributed by atoms with E-state index in [4.69, 9.17) is 5.41 Å². The predicted molar refractivity (Wildman–Crippen MR) is 51.5 cm³/mol. The molecule has 0 aliphatic heterocycles. The van der Waals surface area contributed by atoms with Crippen molar-refractivity contribution in [1.29, 1.82) is 5.41 Å². The molecular formula is C10H15NO. The van der Waals surface area contributed by atoms with Crippen molar-refractivity contribution in [2.45, 2.75) is 20.8 Å². The van der Waals surface area contributed by atoms with Crippen molar-refractivity contribution in [2.24, 2.45) is 5.92 Å². The maximum absolute atomic E-state index is 11.0. The summed E-state index contributed by atoms with van der Waals surface area (Å²) in [5, 5.41) is 7.48. The van der Waals surface area contributed by atoms with Gasteiger partial charge in [0, 0.05) is 5.71 Å². The minimum Gasteiger partial charge on any atom is -0.305 e. The molecule has 0 fully saturated rings. The van der Waals surface area contributed by atoms with Crippen LogP contribution in [0.3, 0.4) is 0 Å². The van der Waals surface area contributed by atoms with Crippen LogP contribution in [0, 0.1) is 11.3 Å². The molecule has 0 aliphatic rings. The van der Waals surface area contributed by atoms with Crippen molar-refractivity contribution in [3.8, 4) is 0 Å². The number of allylic oxidation sites excluding steroid dienone is 3. The molecule has 66 valence electrons. The zero-order valence-electron chi connectivity index (χ0n) is 7.85. The fourth-order valence-corrected chi connectivity index (χ4v) is 0.632. The molecule has 0 rings (SSSR count). The highest BCUT2D eigenvalue weighted by Crippen LogP contribution is 2.02. The zero-order valence-corrected chi connectivity index (χ0v) is 7.85. The molecule has 0 radical (unpaired) electrons. The van der Waals surface area contributed by atoms with Crippen molar-refractivity contribution < 1.29 is 4.79 Å². The van der Waals surface area contributed by atoms with Crippen LogP contribution in [0.25, 0.3) is 0 Å². The van der Waals surface area contributed by atoms with Gasteiger partial charge < -0.3 is 5.41 Å². The second-order valence-electron chi connectivity index (χ2n) is 3.01. The molecule has 0 unspecified atom stereocenters. The molecular weight excluding hydrogens is 150 g/mol. The molecule has 0 spiro atoms.